The number of H-pyrrole nitrogens is 1. The molecule has 0 saturated heterocycles. The summed E-state index contributed by atoms with van der Waals surface area (Å²) in [4.78, 5) is 8.54. The van der Waals surface area contributed by atoms with E-state index in [2.05, 4.69) is 25.4 Å². The first-order valence-electron chi connectivity index (χ1n) is 7.32. The molecule has 0 radical (unpaired) electrons. The molecule has 0 bridgehead atoms. The van der Waals surface area contributed by atoms with Crippen molar-refractivity contribution in [3.63, 3.8) is 0 Å². The molecule has 0 aliphatic rings. The second-order valence-corrected chi connectivity index (χ2v) is 5.24. The van der Waals surface area contributed by atoms with Crippen LogP contribution in [0.3, 0.4) is 0 Å². The van der Waals surface area contributed by atoms with Gasteiger partial charge in [-0.2, -0.15) is 0 Å². The molecule has 0 fully saturated rings. The average Bonchev–Trinajstić information content (AvgIpc) is 3.20. The molecule has 0 aliphatic heterocycles. The molecule has 1 aromatic carbocycles. The van der Waals surface area contributed by atoms with Gasteiger partial charge in [-0.15, -0.1) is 5.10 Å². The molecule has 0 aliphatic carbocycles. The number of pyridine rings is 1. The standard InChI is InChI=1S/C16H14N6O2/c1-9-12(24-16(18-9)10-5-3-2-4-6-10)8-23-11-7-13(17)19-15-14(11)20-22-21-15/h2-7H,8H2,1H3,(H3,17,19,20,21,22). The lowest BCUT2D eigenvalue weighted by Gasteiger charge is -2.05. The highest BCUT2D eigenvalue weighted by Gasteiger charge is 2.14. The zero-order chi connectivity index (χ0) is 16.5. The van der Waals surface area contributed by atoms with E-state index in [-0.39, 0.29) is 6.61 Å². The van der Waals surface area contributed by atoms with Gasteiger partial charge >= 0.3 is 0 Å². The van der Waals surface area contributed by atoms with Crippen LogP contribution in [0.25, 0.3) is 22.6 Å². The van der Waals surface area contributed by atoms with E-state index in [0.29, 0.717) is 34.4 Å². The van der Waals surface area contributed by atoms with Gasteiger partial charge in [-0.05, 0) is 19.1 Å². The Morgan fingerprint density at radius 3 is 2.88 bits per heavy atom. The van der Waals surface area contributed by atoms with Crippen molar-refractivity contribution in [3.05, 3.63) is 47.9 Å². The van der Waals surface area contributed by atoms with E-state index in [1.54, 1.807) is 6.07 Å². The molecular weight excluding hydrogens is 308 g/mol. The lowest BCUT2D eigenvalue weighted by Crippen LogP contribution is -1.99. The first-order chi connectivity index (χ1) is 11.7. The van der Waals surface area contributed by atoms with Crippen LogP contribution >= 0.6 is 0 Å². The number of hydrogen-bond acceptors (Lipinski definition) is 7. The molecule has 4 aromatic rings. The van der Waals surface area contributed by atoms with E-state index in [9.17, 15) is 0 Å². The first-order valence-corrected chi connectivity index (χ1v) is 7.32. The maximum Gasteiger partial charge on any atom is 0.226 e. The Hall–Kier alpha value is -3.42. The number of oxazole rings is 1. The molecule has 120 valence electrons. The molecule has 8 nitrogen and oxygen atoms in total. The number of rotatable bonds is 4. The highest BCUT2D eigenvalue weighted by molar-refractivity contribution is 5.78. The molecule has 0 unspecified atom stereocenters. The number of benzene rings is 1. The van der Waals surface area contributed by atoms with Crippen LogP contribution in [0.1, 0.15) is 11.5 Å². The molecule has 24 heavy (non-hydrogen) atoms. The Morgan fingerprint density at radius 2 is 2.04 bits per heavy atom. The number of nitrogen functional groups attached to an aromatic ring is 1. The van der Waals surface area contributed by atoms with E-state index in [4.69, 9.17) is 14.9 Å². The summed E-state index contributed by atoms with van der Waals surface area (Å²) >= 11 is 0. The monoisotopic (exact) mass is 322 g/mol. The Kier molecular flexibility index (Phi) is 3.34. The minimum absolute atomic E-state index is 0.205. The summed E-state index contributed by atoms with van der Waals surface area (Å²) in [5, 5.41) is 10.3. The minimum Gasteiger partial charge on any atom is -0.483 e. The van der Waals surface area contributed by atoms with Gasteiger partial charge in [-0.25, -0.2) is 15.1 Å². The Balaban J connectivity index is 1.60. The van der Waals surface area contributed by atoms with E-state index in [0.717, 1.165) is 11.3 Å². The fourth-order valence-electron chi connectivity index (χ4n) is 2.35. The van der Waals surface area contributed by atoms with Gasteiger partial charge in [0, 0.05) is 11.6 Å². The number of fused-ring (bicyclic) bond motifs is 1. The van der Waals surface area contributed by atoms with Crippen molar-refractivity contribution in [2.24, 2.45) is 0 Å². The van der Waals surface area contributed by atoms with E-state index >= 15 is 0 Å². The smallest absolute Gasteiger partial charge is 0.226 e. The SMILES string of the molecule is Cc1nc(-c2ccccc2)oc1COc1cc(N)nc2[nH]nnc12. The number of nitrogens with two attached hydrogens (primary N) is 1. The molecule has 3 heterocycles. The number of nitrogens with one attached hydrogen (secondary N) is 1. The maximum atomic E-state index is 5.82. The van der Waals surface area contributed by atoms with Crippen LogP contribution in [-0.4, -0.2) is 25.4 Å². The lowest BCUT2D eigenvalue weighted by atomic mass is 10.2. The highest BCUT2D eigenvalue weighted by atomic mass is 16.5. The van der Waals surface area contributed by atoms with Crippen LogP contribution in [0.5, 0.6) is 5.75 Å². The third-order valence-corrected chi connectivity index (χ3v) is 3.56. The first kappa shape index (κ1) is 14.2. The zero-order valence-electron chi connectivity index (χ0n) is 12.9. The topological polar surface area (TPSA) is 116 Å². The third-order valence-electron chi connectivity index (χ3n) is 3.56. The molecule has 4 rings (SSSR count). The van der Waals surface area contributed by atoms with E-state index < -0.39 is 0 Å². The summed E-state index contributed by atoms with van der Waals surface area (Å²) < 4.78 is 11.6. The lowest BCUT2D eigenvalue weighted by molar-refractivity contribution is 0.273. The normalized spacial score (nSPS) is 11.0. The van der Waals surface area contributed by atoms with E-state index in [1.807, 2.05) is 37.3 Å². The van der Waals surface area contributed by atoms with Crippen molar-refractivity contribution in [1.82, 2.24) is 25.4 Å². The van der Waals surface area contributed by atoms with Crippen molar-refractivity contribution in [1.29, 1.82) is 0 Å². The Labute approximate surface area is 136 Å². The third kappa shape index (κ3) is 2.54. The summed E-state index contributed by atoms with van der Waals surface area (Å²) in [7, 11) is 0. The number of aromatic nitrogens is 5. The van der Waals surface area contributed by atoms with Crippen molar-refractivity contribution >= 4 is 17.0 Å². The predicted octanol–water partition coefficient (Wildman–Crippen LogP) is 2.48. The van der Waals surface area contributed by atoms with E-state index in [1.165, 1.54) is 0 Å². The van der Waals surface area contributed by atoms with Gasteiger partial charge in [0.25, 0.3) is 0 Å². The van der Waals surface area contributed by atoms with Gasteiger partial charge in [-0.3, -0.25) is 0 Å². The molecule has 0 saturated carbocycles. The number of aromatic amines is 1. The van der Waals surface area contributed by atoms with Gasteiger partial charge in [-0.1, -0.05) is 23.4 Å². The molecule has 3 N–H and O–H groups in total. The molecule has 0 atom stereocenters. The van der Waals surface area contributed by atoms with Crippen molar-refractivity contribution in [3.8, 4) is 17.2 Å². The quantitative estimate of drug-likeness (QED) is 0.593. The molecule has 8 heteroatoms. The second kappa shape index (κ2) is 5.65. The Morgan fingerprint density at radius 1 is 1.21 bits per heavy atom. The Bertz CT molecular complexity index is 992. The van der Waals surface area contributed by atoms with Crippen LogP contribution in [0, 0.1) is 6.92 Å². The van der Waals surface area contributed by atoms with Crippen molar-refractivity contribution in [2.75, 3.05) is 5.73 Å². The summed E-state index contributed by atoms with van der Waals surface area (Å²) in [6.45, 7) is 2.08. The fraction of sp³-hybridized carbons (Fsp3) is 0.125. The number of aryl methyl sites for hydroxylation is 1. The van der Waals surface area contributed by atoms with Gasteiger partial charge in [0.1, 0.15) is 12.4 Å². The van der Waals surface area contributed by atoms with Crippen LogP contribution in [0.2, 0.25) is 0 Å². The largest absolute Gasteiger partial charge is 0.483 e. The van der Waals surface area contributed by atoms with Crippen LogP contribution in [-0.2, 0) is 6.61 Å². The number of ether oxygens (including phenoxy) is 1. The minimum atomic E-state index is 0.205. The van der Waals surface area contributed by atoms with Crippen LogP contribution in [0.15, 0.2) is 40.8 Å². The molecule has 0 amide bonds. The summed E-state index contributed by atoms with van der Waals surface area (Å²) in [5.74, 6) is 2.01. The average molecular weight is 322 g/mol. The number of anilines is 1. The summed E-state index contributed by atoms with van der Waals surface area (Å²) in [5.41, 5.74) is 8.44. The van der Waals surface area contributed by atoms with Gasteiger partial charge in [0.2, 0.25) is 5.89 Å². The van der Waals surface area contributed by atoms with Gasteiger partial charge in [0.05, 0.1) is 5.69 Å². The maximum absolute atomic E-state index is 5.82. The summed E-state index contributed by atoms with van der Waals surface area (Å²) in [6, 6.07) is 11.3. The molecular formula is C16H14N6O2. The molecule has 3 aromatic heterocycles. The van der Waals surface area contributed by atoms with Gasteiger partial charge in [0.15, 0.2) is 22.7 Å². The highest BCUT2D eigenvalue weighted by Crippen LogP contribution is 2.26. The summed E-state index contributed by atoms with van der Waals surface area (Å²) in [6.07, 6.45) is 0. The number of nitrogens with zero attached hydrogens (tertiary/aromatic N) is 4. The molecule has 0 spiro atoms. The van der Waals surface area contributed by atoms with Crippen molar-refractivity contribution < 1.29 is 9.15 Å². The predicted molar refractivity (Wildman–Crippen MR) is 87.1 cm³/mol. The second-order valence-electron chi connectivity index (χ2n) is 5.24. The fourth-order valence-corrected chi connectivity index (χ4v) is 2.35. The van der Waals surface area contributed by atoms with Gasteiger partial charge < -0.3 is 14.9 Å². The van der Waals surface area contributed by atoms with Crippen LogP contribution < -0.4 is 10.5 Å². The van der Waals surface area contributed by atoms with Crippen LogP contribution in [0.4, 0.5) is 5.82 Å². The van der Waals surface area contributed by atoms with Crippen molar-refractivity contribution in [2.45, 2.75) is 13.5 Å². The number of hydrogen-bond donors (Lipinski definition) is 2. The zero-order valence-corrected chi connectivity index (χ0v) is 12.9.